The molecule has 0 bridgehead atoms. The number of thiazole rings is 1. The van der Waals surface area contributed by atoms with Crippen LogP contribution in [0.25, 0.3) is 5.65 Å². The van der Waals surface area contributed by atoms with Crippen LogP contribution >= 0.6 is 11.3 Å². The number of aromatic nitrogens is 3. The number of hydrogen-bond donors (Lipinski definition) is 1. The molecule has 0 aromatic carbocycles. The van der Waals surface area contributed by atoms with Gasteiger partial charge in [-0.15, -0.1) is 11.3 Å². The molecule has 0 saturated heterocycles. The molecular formula is C17H20N4S. The van der Waals surface area contributed by atoms with Crippen LogP contribution in [-0.4, -0.2) is 14.4 Å². The zero-order chi connectivity index (χ0) is 15.1. The lowest BCUT2D eigenvalue weighted by atomic mass is 10.3. The second-order valence-corrected chi connectivity index (χ2v) is 7.12. The quantitative estimate of drug-likeness (QED) is 0.802. The summed E-state index contributed by atoms with van der Waals surface area (Å²) in [5.41, 5.74) is 4.63. The summed E-state index contributed by atoms with van der Waals surface area (Å²) in [7, 11) is 0. The first-order valence-corrected chi connectivity index (χ1v) is 8.68. The predicted molar refractivity (Wildman–Crippen MR) is 89.3 cm³/mol. The van der Waals surface area contributed by atoms with Gasteiger partial charge in [0, 0.05) is 23.3 Å². The maximum absolute atomic E-state index is 4.79. The summed E-state index contributed by atoms with van der Waals surface area (Å²) < 4.78 is 2.14. The number of nitrogens with one attached hydrogen (secondary N) is 1. The molecule has 0 saturated carbocycles. The van der Waals surface area contributed by atoms with Crippen molar-refractivity contribution in [2.24, 2.45) is 0 Å². The first kappa shape index (κ1) is 13.9. The van der Waals surface area contributed by atoms with Crippen molar-refractivity contribution in [3.63, 3.8) is 0 Å². The Hall–Kier alpha value is -1.72. The highest BCUT2D eigenvalue weighted by molar-refractivity contribution is 7.11. The molecule has 22 heavy (non-hydrogen) atoms. The lowest BCUT2D eigenvalue weighted by Crippen LogP contribution is -2.18. The number of hydrogen-bond acceptors (Lipinski definition) is 4. The van der Waals surface area contributed by atoms with Crippen LogP contribution in [0, 0.1) is 6.92 Å². The maximum Gasteiger partial charge on any atom is 0.137 e. The van der Waals surface area contributed by atoms with Crippen molar-refractivity contribution < 1.29 is 0 Å². The molecule has 3 aromatic rings. The average Bonchev–Trinajstić information content (AvgIpc) is 3.18. The molecule has 0 amide bonds. The summed E-state index contributed by atoms with van der Waals surface area (Å²) in [6.45, 7) is 5.06. The van der Waals surface area contributed by atoms with E-state index in [1.165, 1.54) is 34.1 Å². The molecule has 114 valence electrons. The van der Waals surface area contributed by atoms with Crippen molar-refractivity contribution in [3.05, 3.63) is 51.4 Å². The number of rotatable bonds is 4. The van der Waals surface area contributed by atoms with E-state index in [1.807, 2.05) is 17.4 Å². The highest BCUT2D eigenvalue weighted by Crippen LogP contribution is 2.30. The lowest BCUT2D eigenvalue weighted by molar-refractivity contribution is 0.565. The summed E-state index contributed by atoms with van der Waals surface area (Å²) >= 11 is 1.87. The molecule has 0 spiro atoms. The molecule has 4 nitrogen and oxygen atoms in total. The Kier molecular flexibility index (Phi) is 3.47. The third-order valence-electron chi connectivity index (χ3n) is 4.32. The SMILES string of the molecule is Cc1cccc2nc(CNC(C)c3nc4c(s3)CCC4)cn12. The van der Waals surface area contributed by atoms with Crippen molar-refractivity contribution in [1.29, 1.82) is 0 Å². The van der Waals surface area contributed by atoms with Gasteiger partial charge in [-0.25, -0.2) is 9.97 Å². The van der Waals surface area contributed by atoms with E-state index in [9.17, 15) is 0 Å². The van der Waals surface area contributed by atoms with Crippen LogP contribution < -0.4 is 5.32 Å². The first-order valence-electron chi connectivity index (χ1n) is 7.86. The molecule has 4 rings (SSSR count). The molecule has 0 fully saturated rings. The number of nitrogens with zero attached hydrogens (tertiary/aromatic N) is 3. The summed E-state index contributed by atoms with van der Waals surface area (Å²) in [5, 5.41) is 4.77. The minimum Gasteiger partial charge on any atom is -0.304 e. The molecule has 0 aliphatic heterocycles. The van der Waals surface area contributed by atoms with Crippen LogP contribution in [0.4, 0.5) is 0 Å². The Morgan fingerprint density at radius 1 is 1.32 bits per heavy atom. The predicted octanol–water partition coefficient (Wildman–Crippen LogP) is 3.44. The standard InChI is InChI=1S/C17H20N4S/c1-11-5-3-8-16-19-13(10-21(11)16)9-18-12(2)17-20-14-6-4-7-15(14)22-17/h3,5,8,10,12,18H,4,6-7,9H2,1-2H3. The number of imidazole rings is 1. The number of fused-ring (bicyclic) bond motifs is 2. The zero-order valence-electron chi connectivity index (χ0n) is 13.0. The molecule has 1 aliphatic carbocycles. The monoisotopic (exact) mass is 312 g/mol. The fourth-order valence-electron chi connectivity index (χ4n) is 3.02. The van der Waals surface area contributed by atoms with Gasteiger partial charge in [0.1, 0.15) is 10.7 Å². The van der Waals surface area contributed by atoms with Gasteiger partial charge in [0.25, 0.3) is 0 Å². The Balaban J connectivity index is 1.47. The first-order chi connectivity index (χ1) is 10.7. The Morgan fingerprint density at radius 2 is 2.23 bits per heavy atom. The minimum atomic E-state index is 0.279. The van der Waals surface area contributed by atoms with E-state index in [0.717, 1.165) is 24.3 Å². The fourth-order valence-corrected chi connectivity index (χ4v) is 4.20. The van der Waals surface area contributed by atoms with Crippen molar-refractivity contribution in [1.82, 2.24) is 19.7 Å². The molecule has 1 atom stereocenters. The second kappa shape index (κ2) is 5.48. The number of pyridine rings is 1. The van der Waals surface area contributed by atoms with Gasteiger partial charge in [-0.1, -0.05) is 6.07 Å². The van der Waals surface area contributed by atoms with Gasteiger partial charge in [0.15, 0.2) is 0 Å². The highest BCUT2D eigenvalue weighted by atomic mass is 32.1. The molecule has 1 unspecified atom stereocenters. The van der Waals surface area contributed by atoms with Gasteiger partial charge in [-0.2, -0.15) is 0 Å². The lowest BCUT2D eigenvalue weighted by Gasteiger charge is -2.09. The van der Waals surface area contributed by atoms with Crippen molar-refractivity contribution in [3.8, 4) is 0 Å². The normalized spacial score (nSPS) is 15.4. The molecule has 1 aliphatic rings. The summed E-state index contributed by atoms with van der Waals surface area (Å²) in [4.78, 5) is 11.0. The molecule has 0 radical (unpaired) electrons. The zero-order valence-corrected chi connectivity index (χ0v) is 13.8. The van der Waals surface area contributed by atoms with E-state index in [4.69, 9.17) is 4.98 Å². The van der Waals surface area contributed by atoms with Gasteiger partial charge in [-0.05, 0) is 45.2 Å². The minimum absolute atomic E-state index is 0.279. The second-order valence-electron chi connectivity index (χ2n) is 6.01. The smallest absolute Gasteiger partial charge is 0.137 e. The Morgan fingerprint density at radius 3 is 3.05 bits per heavy atom. The van der Waals surface area contributed by atoms with Gasteiger partial charge >= 0.3 is 0 Å². The molecule has 3 aromatic heterocycles. The van der Waals surface area contributed by atoms with Crippen LogP contribution in [0.1, 0.15) is 46.4 Å². The molecule has 1 N–H and O–H groups in total. The van der Waals surface area contributed by atoms with E-state index in [2.05, 4.69) is 46.9 Å². The van der Waals surface area contributed by atoms with Crippen LogP contribution in [0.2, 0.25) is 0 Å². The van der Waals surface area contributed by atoms with Gasteiger partial charge in [0.05, 0.1) is 17.4 Å². The van der Waals surface area contributed by atoms with E-state index in [0.29, 0.717) is 0 Å². The van der Waals surface area contributed by atoms with Crippen LogP contribution in [0.15, 0.2) is 24.4 Å². The summed E-state index contributed by atoms with van der Waals surface area (Å²) in [6, 6.07) is 6.48. The van der Waals surface area contributed by atoms with E-state index >= 15 is 0 Å². The average molecular weight is 312 g/mol. The van der Waals surface area contributed by atoms with Gasteiger partial charge in [-0.3, -0.25) is 0 Å². The van der Waals surface area contributed by atoms with E-state index < -0.39 is 0 Å². The van der Waals surface area contributed by atoms with E-state index in [1.54, 1.807) is 0 Å². The third-order valence-corrected chi connectivity index (χ3v) is 5.66. The largest absolute Gasteiger partial charge is 0.304 e. The summed E-state index contributed by atoms with van der Waals surface area (Å²) in [6.07, 6.45) is 5.76. The third kappa shape index (κ3) is 2.44. The van der Waals surface area contributed by atoms with Gasteiger partial charge < -0.3 is 9.72 Å². The van der Waals surface area contributed by atoms with Gasteiger partial charge in [0.2, 0.25) is 0 Å². The molecule has 3 heterocycles. The van der Waals surface area contributed by atoms with Crippen LogP contribution in [-0.2, 0) is 19.4 Å². The van der Waals surface area contributed by atoms with Crippen LogP contribution in [0.3, 0.4) is 0 Å². The Bertz CT molecular complexity index is 796. The fraction of sp³-hybridized carbons (Fsp3) is 0.412. The van der Waals surface area contributed by atoms with Crippen molar-refractivity contribution in [2.75, 3.05) is 0 Å². The topological polar surface area (TPSA) is 42.2 Å². The Labute approximate surface area is 134 Å². The van der Waals surface area contributed by atoms with Crippen molar-refractivity contribution >= 4 is 17.0 Å². The summed E-state index contributed by atoms with van der Waals surface area (Å²) in [5.74, 6) is 0. The highest BCUT2D eigenvalue weighted by Gasteiger charge is 2.19. The van der Waals surface area contributed by atoms with Crippen LogP contribution in [0.5, 0.6) is 0 Å². The molecular weight excluding hydrogens is 292 g/mol. The van der Waals surface area contributed by atoms with Crippen molar-refractivity contribution in [2.45, 2.75) is 45.7 Å². The maximum atomic E-state index is 4.79. The van der Waals surface area contributed by atoms with E-state index in [-0.39, 0.29) is 6.04 Å². The molecule has 5 heteroatoms. The number of aryl methyl sites for hydroxylation is 3.